The predicted molar refractivity (Wildman–Crippen MR) is 79.6 cm³/mol. The third-order valence-corrected chi connectivity index (χ3v) is 3.58. The van der Waals surface area contributed by atoms with Gasteiger partial charge in [-0.25, -0.2) is 0 Å². The van der Waals surface area contributed by atoms with E-state index in [0.717, 1.165) is 37.3 Å². The summed E-state index contributed by atoms with van der Waals surface area (Å²) in [5.74, 6) is 0.0577. The van der Waals surface area contributed by atoms with E-state index in [-0.39, 0.29) is 11.9 Å². The van der Waals surface area contributed by atoms with Crippen molar-refractivity contribution in [1.82, 2.24) is 5.32 Å². The Morgan fingerprint density at radius 2 is 2.00 bits per heavy atom. The van der Waals surface area contributed by atoms with Gasteiger partial charge in [0.2, 0.25) is 5.91 Å². The van der Waals surface area contributed by atoms with Gasteiger partial charge in [-0.15, -0.1) is 0 Å². The first-order valence-corrected chi connectivity index (χ1v) is 7.06. The van der Waals surface area contributed by atoms with E-state index in [1.54, 1.807) is 0 Å². The van der Waals surface area contributed by atoms with Gasteiger partial charge in [0.25, 0.3) is 0 Å². The van der Waals surface area contributed by atoms with Crippen LogP contribution in [0.15, 0.2) is 24.3 Å². The van der Waals surface area contributed by atoms with Crippen molar-refractivity contribution in [1.29, 1.82) is 0 Å². The van der Waals surface area contributed by atoms with E-state index in [1.807, 2.05) is 36.2 Å². The van der Waals surface area contributed by atoms with Gasteiger partial charge in [-0.05, 0) is 30.5 Å². The highest BCUT2D eigenvalue weighted by Gasteiger charge is 2.16. The molecule has 0 saturated carbocycles. The van der Waals surface area contributed by atoms with Crippen molar-refractivity contribution in [3.8, 4) is 0 Å². The SMILES string of the molecule is CN(CC(=O)NC1CCOCC1)c1ccc(CN)cc1. The first kappa shape index (κ1) is 14.8. The van der Waals surface area contributed by atoms with E-state index in [9.17, 15) is 4.79 Å². The molecule has 5 nitrogen and oxygen atoms in total. The van der Waals surface area contributed by atoms with E-state index < -0.39 is 0 Å². The quantitative estimate of drug-likeness (QED) is 0.838. The summed E-state index contributed by atoms with van der Waals surface area (Å²) in [4.78, 5) is 13.9. The Hall–Kier alpha value is -1.59. The Bertz CT molecular complexity index is 427. The molecule has 1 aromatic rings. The molecule has 1 aliphatic heterocycles. The second-order valence-electron chi connectivity index (χ2n) is 5.18. The van der Waals surface area contributed by atoms with Crippen molar-refractivity contribution in [2.24, 2.45) is 5.73 Å². The van der Waals surface area contributed by atoms with Crippen LogP contribution in [0.4, 0.5) is 5.69 Å². The molecule has 5 heteroatoms. The lowest BCUT2D eigenvalue weighted by Gasteiger charge is -2.25. The van der Waals surface area contributed by atoms with E-state index in [1.165, 1.54) is 0 Å². The molecule has 2 rings (SSSR count). The molecule has 0 unspecified atom stereocenters. The lowest BCUT2D eigenvalue weighted by atomic mass is 10.1. The largest absolute Gasteiger partial charge is 0.381 e. The Morgan fingerprint density at radius 3 is 2.60 bits per heavy atom. The third-order valence-electron chi connectivity index (χ3n) is 3.58. The summed E-state index contributed by atoms with van der Waals surface area (Å²) in [5.41, 5.74) is 7.68. The molecule has 0 aliphatic carbocycles. The first-order chi connectivity index (χ1) is 9.69. The number of anilines is 1. The Kier molecular flexibility index (Phi) is 5.38. The maximum Gasteiger partial charge on any atom is 0.239 e. The molecular formula is C15H23N3O2. The Labute approximate surface area is 120 Å². The number of benzene rings is 1. The molecule has 0 atom stereocenters. The topological polar surface area (TPSA) is 67.6 Å². The molecule has 0 bridgehead atoms. The molecule has 110 valence electrons. The van der Waals surface area contributed by atoms with E-state index in [2.05, 4.69) is 5.32 Å². The summed E-state index contributed by atoms with van der Waals surface area (Å²) in [5, 5.41) is 3.06. The fourth-order valence-corrected chi connectivity index (χ4v) is 2.31. The van der Waals surface area contributed by atoms with Crippen LogP contribution in [0.2, 0.25) is 0 Å². The summed E-state index contributed by atoms with van der Waals surface area (Å²) in [6.07, 6.45) is 1.81. The predicted octanol–water partition coefficient (Wildman–Crippen LogP) is 0.877. The number of carbonyl (C=O) groups excluding carboxylic acids is 1. The van der Waals surface area contributed by atoms with Crippen LogP contribution in [-0.2, 0) is 16.1 Å². The fourth-order valence-electron chi connectivity index (χ4n) is 2.31. The van der Waals surface area contributed by atoms with Crippen LogP contribution in [0.1, 0.15) is 18.4 Å². The van der Waals surface area contributed by atoms with Crippen molar-refractivity contribution >= 4 is 11.6 Å². The zero-order chi connectivity index (χ0) is 14.4. The number of hydrogen-bond acceptors (Lipinski definition) is 4. The molecule has 0 radical (unpaired) electrons. The number of rotatable bonds is 5. The monoisotopic (exact) mass is 277 g/mol. The van der Waals surface area contributed by atoms with Crippen molar-refractivity contribution in [3.05, 3.63) is 29.8 Å². The highest BCUT2D eigenvalue weighted by atomic mass is 16.5. The summed E-state index contributed by atoms with van der Waals surface area (Å²) in [6, 6.07) is 8.21. The minimum atomic E-state index is 0.0577. The molecule has 1 aliphatic rings. The maximum atomic E-state index is 12.0. The standard InChI is InChI=1S/C15H23N3O2/c1-18(14-4-2-12(10-16)3-5-14)11-15(19)17-13-6-8-20-9-7-13/h2-5,13H,6-11,16H2,1H3,(H,17,19). The lowest BCUT2D eigenvalue weighted by Crippen LogP contribution is -2.43. The number of hydrogen-bond donors (Lipinski definition) is 2. The fraction of sp³-hybridized carbons (Fsp3) is 0.533. The molecule has 3 N–H and O–H groups in total. The first-order valence-electron chi connectivity index (χ1n) is 7.06. The number of amides is 1. The van der Waals surface area contributed by atoms with Gasteiger partial charge in [-0.3, -0.25) is 4.79 Å². The van der Waals surface area contributed by atoms with E-state index in [0.29, 0.717) is 13.1 Å². The molecule has 1 saturated heterocycles. The lowest BCUT2D eigenvalue weighted by molar-refractivity contribution is -0.121. The highest BCUT2D eigenvalue weighted by molar-refractivity contribution is 5.81. The van der Waals surface area contributed by atoms with Gasteiger partial charge in [-0.2, -0.15) is 0 Å². The molecule has 1 fully saturated rings. The van der Waals surface area contributed by atoms with Crippen LogP contribution in [-0.4, -0.2) is 38.8 Å². The van der Waals surface area contributed by atoms with Gasteiger partial charge in [0.15, 0.2) is 0 Å². The normalized spacial score (nSPS) is 15.9. The number of nitrogens with one attached hydrogen (secondary N) is 1. The Balaban J connectivity index is 1.82. The van der Waals surface area contributed by atoms with Crippen LogP contribution >= 0.6 is 0 Å². The molecule has 1 aromatic carbocycles. The summed E-state index contributed by atoms with van der Waals surface area (Å²) in [7, 11) is 1.92. The van der Waals surface area contributed by atoms with Gasteiger partial charge < -0.3 is 20.7 Å². The summed E-state index contributed by atoms with van der Waals surface area (Å²) >= 11 is 0. The molecular weight excluding hydrogens is 254 g/mol. The van der Waals surface area contributed by atoms with Gasteiger partial charge in [0, 0.05) is 38.5 Å². The minimum absolute atomic E-state index is 0.0577. The van der Waals surface area contributed by atoms with Crippen molar-refractivity contribution < 1.29 is 9.53 Å². The van der Waals surface area contributed by atoms with Gasteiger partial charge >= 0.3 is 0 Å². The average Bonchev–Trinajstić information content (AvgIpc) is 2.48. The van der Waals surface area contributed by atoms with Gasteiger partial charge in [0.05, 0.1) is 6.54 Å². The van der Waals surface area contributed by atoms with Crippen molar-refractivity contribution in [2.75, 3.05) is 31.7 Å². The van der Waals surface area contributed by atoms with Crippen molar-refractivity contribution in [2.45, 2.75) is 25.4 Å². The van der Waals surface area contributed by atoms with Gasteiger partial charge in [-0.1, -0.05) is 12.1 Å². The number of likely N-dealkylation sites (N-methyl/N-ethyl adjacent to an activating group) is 1. The molecule has 1 amide bonds. The minimum Gasteiger partial charge on any atom is -0.381 e. The van der Waals surface area contributed by atoms with E-state index >= 15 is 0 Å². The summed E-state index contributed by atoms with van der Waals surface area (Å²) < 4.78 is 5.28. The highest BCUT2D eigenvalue weighted by Crippen LogP contribution is 2.13. The van der Waals surface area contributed by atoms with Gasteiger partial charge in [0.1, 0.15) is 0 Å². The molecule has 0 aromatic heterocycles. The third kappa shape index (κ3) is 4.21. The Morgan fingerprint density at radius 1 is 1.35 bits per heavy atom. The van der Waals surface area contributed by atoms with Crippen LogP contribution < -0.4 is 16.0 Å². The van der Waals surface area contributed by atoms with Crippen molar-refractivity contribution in [3.63, 3.8) is 0 Å². The van der Waals surface area contributed by atoms with Crippen LogP contribution in [0.3, 0.4) is 0 Å². The zero-order valence-corrected chi connectivity index (χ0v) is 12.0. The number of ether oxygens (including phenoxy) is 1. The smallest absolute Gasteiger partial charge is 0.239 e. The number of nitrogens with two attached hydrogens (primary N) is 1. The second kappa shape index (κ2) is 7.26. The van der Waals surface area contributed by atoms with Crippen LogP contribution in [0.25, 0.3) is 0 Å². The van der Waals surface area contributed by atoms with Crippen LogP contribution in [0, 0.1) is 0 Å². The molecule has 0 spiro atoms. The summed E-state index contributed by atoms with van der Waals surface area (Å²) in [6.45, 7) is 2.37. The number of carbonyl (C=O) groups is 1. The second-order valence-corrected chi connectivity index (χ2v) is 5.18. The van der Waals surface area contributed by atoms with E-state index in [4.69, 9.17) is 10.5 Å². The number of nitrogens with zero attached hydrogens (tertiary/aromatic N) is 1. The zero-order valence-electron chi connectivity index (χ0n) is 12.0. The average molecular weight is 277 g/mol. The van der Waals surface area contributed by atoms with Crippen LogP contribution in [0.5, 0.6) is 0 Å². The molecule has 1 heterocycles. The molecule has 20 heavy (non-hydrogen) atoms. The maximum absolute atomic E-state index is 12.0.